The summed E-state index contributed by atoms with van der Waals surface area (Å²) < 4.78 is 0. The smallest absolute Gasteiger partial charge is 0.243 e. The standard InChI is InChI=1S/C16H33N5O2/c1-8-17-14(23)16(4,5)11-20-15(18-9-12(2)3)19-10-13(22)21(6)7/h12H,8-11H2,1-7H3,(H,17,23)(H2,18,19,20). The lowest BCUT2D eigenvalue weighted by molar-refractivity contribution is -0.129. The normalized spacial score (nSPS) is 12.1. The van der Waals surface area contributed by atoms with E-state index in [0.717, 1.165) is 6.54 Å². The Balaban J connectivity index is 4.77. The monoisotopic (exact) mass is 327 g/mol. The third-order valence-electron chi connectivity index (χ3n) is 3.20. The van der Waals surface area contributed by atoms with Gasteiger partial charge >= 0.3 is 0 Å². The summed E-state index contributed by atoms with van der Waals surface area (Å²) in [5, 5.41) is 9.17. The number of likely N-dealkylation sites (N-methyl/N-ethyl adjacent to an activating group) is 1. The van der Waals surface area contributed by atoms with E-state index in [0.29, 0.717) is 25.0 Å². The van der Waals surface area contributed by atoms with Crippen molar-refractivity contribution in [2.75, 3.05) is 40.3 Å². The third kappa shape index (κ3) is 9.05. The second-order valence-electron chi connectivity index (χ2n) is 6.82. The first-order valence-electron chi connectivity index (χ1n) is 8.10. The van der Waals surface area contributed by atoms with E-state index in [1.807, 2.05) is 20.8 Å². The topological polar surface area (TPSA) is 85.8 Å². The molecule has 0 aromatic rings. The van der Waals surface area contributed by atoms with E-state index in [4.69, 9.17) is 0 Å². The van der Waals surface area contributed by atoms with Gasteiger partial charge in [-0.1, -0.05) is 13.8 Å². The minimum Gasteiger partial charge on any atom is -0.356 e. The van der Waals surface area contributed by atoms with Crippen molar-refractivity contribution in [3.63, 3.8) is 0 Å². The molecule has 0 atom stereocenters. The van der Waals surface area contributed by atoms with Crippen molar-refractivity contribution in [2.45, 2.75) is 34.6 Å². The maximum absolute atomic E-state index is 12.0. The van der Waals surface area contributed by atoms with Gasteiger partial charge in [-0.2, -0.15) is 0 Å². The fourth-order valence-corrected chi connectivity index (χ4v) is 1.55. The maximum atomic E-state index is 12.0. The van der Waals surface area contributed by atoms with E-state index in [9.17, 15) is 9.59 Å². The summed E-state index contributed by atoms with van der Waals surface area (Å²) in [5.74, 6) is 0.910. The molecule has 2 amide bonds. The molecule has 0 aliphatic heterocycles. The van der Waals surface area contributed by atoms with Crippen LogP contribution in [0.5, 0.6) is 0 Å². The van der Waals surface area contributed by atoms with Crippen LogP contribution >= 0.6 is 0 Å². The number of carbonyl (C=O) groups excluding carboxylic acids is 2. The minimum absolute atomic E-state index is 0.0138. The quantitative estimate of drug-likeness (QED) is 0.446. The molecule has 23 heavy (non-hydrogen) atoms. The first kappa shape index (κ1) is 21.2. The van der Waals surface area contributed by atoms with Gasteiger partial charge < -0.3 is 20.9 Å². The molecule has 0 aromatic heterocycles. The molecule has 0 saturated carbocycles. The average molecular weight is 327 g/mol. The van der Waals surface area contributed by atoms with E-state index in [2.05, 4.69) is 34.8 Å². The zero-order valence-corrected chi connectivity index (χ0v) is 15.6. The van der Waals surface area contributed by atoms with Gasteiger partial charge in [-0.15, -0.1) is 0 Å². The van der Waals surface area contributed by atoms with Gasteiger partial charge in [0.25, 0.3) is 0 Å². The molecule has 0 fully saturated rings. The molecule has 0 radical (unpaired) electrons. The van der Waals surface area contributed by atoms with Gasteiger partial charge in [0.2, 0.25) is 11.8 Å². The Hall–Kier alpha value is -1.79. The number of hydrogen-bond acceptors (Lipinski definition) is 3. The second-order valence-corrected chi connectivity index (χ2v) is 6.82. The molecule has 0 heterocycles. The van der Waals surface area contributed by atoms with Crippen molar-refractivity contribution in [3.8, 4) is 0 Å². The molecular formula is C16H33N5O2. The Morgan fingerprint density at radius 3 is 2.22 bits per heavy atom. The van der Waals surface area contributed by atoms with E-state index in [1.165, 1.54) is 4.90 Å². The van der Waals surface area contributed by atoms with Crippen molar-refractivity contribution in [1.82, 2.24) is 20.9 Å². The molecule has 7 heteroatoms. The van der Waals surface area contributed by atoms with Crippen LogP contribution in [0.4, 0.5) is 0 Å². The van der Waals surface area contributed by atoms with E-state index < -0.39 is 5.41 Å². The third-order valence-corrected chi connectivity index (χ3v) is 3.20. The van der Waals surface area contributed by atoms with Gasteiger partial charge in [0.15, 0.2) is 5.96 Å². The Bertz CT molecular complexity index is 417. The molecule has 0 unspecified atom stereocenters. The van der Waals surface area contributed by atoms with Crippen LogP contribution in [0.3, 0.4) is 0 Å². The van der Waals surface area contributed by atoms with Crippen LogP contribution in [-0.4, -0.2) is 62.9 Å². The number of carbonyl (C=O) groups is 2. The van der Waals surface area contributed by atoms with Crippen LogP contribution in [-0.2, 0) is 9.59 Å². The van der Waals surface area contributed by atoms with Crippen LogP contribution in [0.25, 0.3) is 0 Å². The molecule has 134 valence electrons. The Morgan fingerprint density at radius 2 is 1.74 bits per heavy atom. The molecule has 0 aliphatic carbocycles. The number of guanidine groups is 1. The molecule has 0 aliphatic rings. The fraction of sp³-hybridized carbons (Fsp3) is 0.812. The number of nitrogens with one attached hydrogen (secondary N) is 3. The summed E-state index contributed by atoms with van der Waals surface area (Å²) in [7, 11) is 3.40. The molecule has 0 rings (SSSR count). The predicted octanol–water partition coefficient (Wildman–Crippen LogP) is 0.428. The lowest BCUT2D eigenvalue weighted by atomic mass is 9.92. The molecule has 3 N–H and O–H groups in total. The van der Waals surface area contributed by atoms with Crippen molar-refractivity contribution in [1.29, 1.82) is 0 Å². The van der Waals surface area contributed by atoms with E-state index in [1.54, 1.807) is 14.1 Å². The summed E-state index contributed by atoms with van der Waals surface area (Å²) >= 11 is 0. The summed E-state index contributed by atoms with van der Waals surface area (Å²) in [6.45, 7) is 11.7. The SMILES string of the molecule is CCNC(=O)C(C)(C)CNC(=NCC(=O)N(C)C)NCC(C)C. The zero-order valence-electron chi connectivity index (χ0n) is 15.6. The van der Waals surface area contributed by atoms with Gasteiger partial charge in [-0.05, 0) is 26.7 Å². The van der Waals surface area contributed by atoms with Crippen molar-refractivity contribution in [2.24, 2.45) is 16.3 Å². The number of amides is 2. The van der Waals surface area contributed by atoms with Gasteiger partial charge in [0.05, 0.1) is 5.41 Å². The van der Waals surface area contributed by atoms with Crippen molar-refractivity contribution < 1.29 is 9.59 Å². The van der Waals surface area contributed by atoms with Gasteiger partial charge in [0.1, 0.15) is 6.54 Å². The largest absolute Gasteiger partial charge is 0.356 e. The van der Waals surface area contributed by atoms with Crippen LogP contribution in [0, 0.1) is 11.3 Å². The Labute approximate surface area is 140 Å². The maximum Gasteiger partial charge on any atom is 0.243 e. The summed E-state index contributed by atoms with van der Waals surface area (Å²) in [6.07, 6.45) is 0. The zero-order chi connectivity index (χ0) is 18.0. The second kappa shape index (κ2) is 10.1. The van der Waals surface area contributed by atoms with Crippen LogP contribution in [0.1, 0.15) is 34.6 Å². The lowest BCUT2D eigenvalue weighted by Gasteiger charge is -2.25. The highest BCUT2D eigenvalue weighted by molar-refractivity contribution is 5.86. The summed E-state index contributed by atoms with van der Waals surface area (Å²) in [5.41, 5.74) is -0.568. The van der Waals surface area contributed by atoms with E-state index in [-0.39, 0.29) is 18.4 Å². The number of rotatable bonds is 8. The van der Waals surface area contributed by atoms with Gasteiger partial charge in [0, 0.05) is 33.7 Å². The highest BCUT2D eigenvalue weighted by Crippen LogP contribution is 2.13. The Kier molecular flexibility index (Phi) is 9.29. The molecule has 7 nitrogen and oxygen atoms in total. The van der Waals surface area contributed by atoms with E-state index >= 15 is 0 Å². The fourth-order valence-electron chi connectivity index (χ4n) is 1.55. The first-order valence-corrected chi connectivity index (χ1v) is 8.10. The highest BCUT2D eigenvalue weighted by atomic mass is 16.2. The molecule has 0 saturated heterocycles. The van der Waals surface area contributed by atoms with Crippen LogP contribution in [0.15, 0.2) is 4.99 Å². The summed E-state index contributed by atoms with van der Waals surface area (Å²) in [4.78, 5) is 29.5. The summed E-state index contributed by atoms with van der Waals surface area (Å²) in [6, 6.07) is 0. The molecule has 0 spiro atoms. The van der Waals surface area contributed by atoms with Crippen LogP contribution in [0.2, 0.25) is 0 Å². The first-order chi connectivity index (χ1) is 10.6. The average Bonchev–Trinajstić information content (AvgIpc) is 2.45. The molecular weight excluding hydrogens is 294 g/mol. The van der Waals surface area contributed by atoms with Crippen molar-refractivity contribution in [3.05, 3.63) is 0 Å². The predicted molar refractivity (Wildman–Crippen MR) is 94.3 cm³/mol. The minimum atomic E-state index is -0.568. The Morgan fingerprint density at radius 1 is 1.13 bits per heavy atom. The van der Waals surface area contributed by atoms with Crippen LogP contribution < -0.4 is 16.0 Å². The van der Waals surface area contributed by atoms with Gasteiger partial charge in [-0.3, -0.25) is 9.59 Å². The highest BCUT2D eigenvalue weighted by Gasteiger charge is 2.27. The number of hydrogen-bond donors (Lipinski definition) is 3. The lowest BCUT2D eigenvalue weighted by Crippen LogP contribution is -2.48. The van der Waals surface area contributed by atoms with Gasteiger partial charge in [-0.25, -0.2) is 4.99 Å². The number of nitrogens with zero attached hydrogens (tertiary/aromatic N) is 2. The molecule has 0 aromatic carbocycles. The number of aliphatic imine (C=N–C) groups is 1. The molecule has 0 bridgehead atoms. The van der Waals surface area contributed by atoms with Crippen molar-refractivity contribution >= 4 is 17.8 Å².